The van der Waals surface area contributed by atoms with E-state index in [1.54, 1.807) is 12.3 Å². The van der Waals surface area contributed by atoms with Crippen LogP contribution in [0.5, 0.6) is 5.75 Å². The third-order valence-corrected chi connectivity index (χ3v) is 4.76. The number of anilines is 1. The average Bonchev–Trinajstić information content (AvgIpc) is 2.52. The minimum absolute atomic E-state index is 0.234. The normalized spacial score (nSPS) is 25.7. The molecule has 1 amide bonds. The molecule has 6 heteroatoms. The van der Waals surface area contributed by atoms with Crippen LogP contribution in [-0.4, -0.2) is 29.6 Å². The topological polar surface area (TPSA) is 89.7 Å². The number of ether oxygens (including phenoxy) is 1. The van der Waals surface area contributed by atoms with Gasteiger partial charge in [0, 0.05) is 24.6 Å². The van der Waals surface area contributed by atoms with Crippen LogP contribution in [0.4, 0.5) is 5.69 Å². The van der Waals surface area contributed by atoms with Crippen molar-refractivity contribution in [1.82, 2.24) is 0 Å². The summed E-state index contributed by atoms with van der Waals surface area (Å²) in [6, 6.07) is 5.53. The second-order valence-electron chi connectivity index (χ2n) is 6.29. The lowest BCUT2D eigenvalue weighted by atomic mass is 9.80. The Morgan fingerprint density at radius 3 is 2.91 bits per heavy atom. The minimum atomic E-state index is -1.16. The Balaban J connectivity index is 1.83. The van der Waals surface area contributed by atoms with Gasteiger partial charge in [0.2, 0.25) is 17.5 Å². The quantitative estimate of drug-likeness (QED) is 0.777. The van der Waals surface area contributed by atoms with E-state index in [9.17, 15) is 14.4 Å². The van der Waals surface area contributed by atoms with Crippen molar-refractivity contribution in [1.29, 1.82) is 0 Å². The number of Topliss-reactive ketones (excluding diaryl/α,β-unsaturated/α-hetero) is 2. The van der Waals surface area contributed by atoms with Gasteiger partial charge < -0.3 is 15.4 Å². The molecule has 118 valence electrons. The van der Waals surface area contributed by atoms with Crippen molar-refractivity contribution in [2.24, 2.45) is 5.73 Å². The zero-order chi connectivity index (χ0) is 16.2. The van der Waals surface area contributed by atoms with Gasteiger partial charge in [-0.1, -0.05) is 12.1 Å². The van der Waals surface area contributed by atoms with E-state index < -0.39 is 17.3 Å². The van der Waals surface area contributed by atoms with Gasteiger partial charge in [0.25, 0.3) is 0 Å². The maximum absolute atomic E-state index is 12.5. The van der Waals surface area contributed by atoms with Crippen LogP contribution in [0.15, 0.2) is 30.0 Å². The fourth-order valence-electron chi connectivity index (χ4n) is 3.68. The molecule has 1 unspecified atom stereocenters. The molecular formula is C17H16N2O4. The molecule has 0 radical (unpaired) electrons. The van der Waals surface area contributed by atoms with Crippen molar-refractivity contribution in [3.05, 3.63) is 35.5 Å². The van der Waals surface area contributed by atoms with Gasteiger partial charge in [0.05, 0.1) is 12.2 Å². The van der Waals surface area contributed by atoms with E-state index in [2.05, 4.69) is 0 Å². The Morgan fingerprint density at radius 1 is 1.30 bits per heavy atom. The summed E-state index contributed by atoms with van der Waals surface area (Å²) >= 11 is 0. The van der Waals surface area contributed by atoms with E-state index in [1.165, 1.54) is 0 Å². The Labute approximate surface area is 132 Å². The molecule has 4 rings (SSSR count). The maximum Gasteiger partial charge on any atom is 0.246 e. The van der Waals surface area contributed by atoms with Crippen LogP contribution >= 0.6 is 0 Å². The molecule has 2 heterocycles. The number of hydrogen-bond donors (Lipinski definition) is 1. The third kappa shape index (κ3) is 1.98. The van der Waals surface area contributed by atoms with Gasteiger partial charge in [-0.2, -0.15) is 0 Å². The molecule has 1 aromatic carbocycles. The van der Waals surface area contributed by atoms with Crippen molar-refractivity contribution >= 4 is 23.2 Å². The highest BCUT2D eigenvalue weighted by atomic mass is 16.5. The number of para-hydroxylation sites is 1. The molecule has 2 N–H and O–H groups in total. The van der Waals surface area contributed by atoms with E-state index in [-0.39, 0.29) is 18.7 Å². The van der Waals surface area contributed by atoms with Crippen LogP contribution in [0.3, 0.4) is 0 Å². The number of amides is 1. The molecule has 0 aromatic heterocycles. The van der Waals surface area contributed by atoms with Gasteiger partial charge in [0.1, 0.15) is 5.75 Å². The largest absolute Gasteiger partial charge is 0.475 e. The highest BCUT2D eigenvalue weighted by Gasteiger charge is 2.51. The maximum atomic E-state index is 12.5. The average molecular weight is 312 g/mol. The number of nitrogens with zero attached hydrogens (tertiary/aromatic N) is 1. The standard InChI is InChI=1S/C17H16N2O4/c18-16(22)11-7-10-3-1-5-13-14(10)19(8-11)9-17(23-13)6-2-4-12(20)15(17)21/h1,3,5,8H,2,4,6-7,9H2,(H2,18,22). The van der Waals surface area contributed by atoms with Crippen LogP contribution in [0.1, 0.15) is 24.8 Å². The van der Waals surface area contributed by atoms with Crippen molar-refractivity contribution < 1.29 is 19.1 Å². The lowest BCUT2D eigenvalue weighted by Crippen LogP contribution is -2.59. The van der Waals surface area contributed by atoms with Crippen LogP contribution in [0.25, 0.3) is 0 Å². The van der Waals surface area contributed by atoms with E-state index in [1.807, 2.05) is 17.0 Å². The predicted molar refractivity (Wildman–Crippen MR) is 82.0 cm³/mol. The number of hydrogen-bond acceptors (Lipinski definition) is 5. The zero-order valence-corrected chi connectivity index (χ0v) is 12.5. The first-order valence-corrected chi connectivity index (χ1v) is 7.66. The number of rotatable bonds is 1. The lowest BCUT2D eigenvalue weighted by molar-refractivity contribution is -0.149. The summed E-state index contributed by atoms with van der Waals surface area (Å²) in [6.45, 7) is 0.234. The van der Waals surface area contributed by atoms with E-state index in [4.69, 9.17) is 10.5 Å². The molecule has 1 saturated carbocycles. The molecule has 1 fully saturated rings. The molecule has 23 heavy (non-hydrogen) atoms. The number of primary amides is 1. The Bertz CT molecular complexity index is 783. The molecule has 3 aliphatic rings. The second kappa shape index (κ2) is 4.68. The summed E-state index contributed by atoms with van der Waals surface area (Å²) in [5.41, 5.74) is 6.55. The third-order valence-electron chi connectivity index (χ3n) is 4.76. The summed E-state index contributed by atoms with van der Waals surface area (Å²) < 4.78 is 6.03. The predicted octanol–water partition coefficient (Wildman–Crippen LogP) is 0.872. The molecule has 0 saturated heterocycles. The monoisotopic (exact) mass is 312 g/mol. The Kier molecular flexibility index (Phi) is 2.85. The molecule has 1 atom stereocenters. The number of benzene rings is 1. The first-order chi connectivity index (χ1) is 11.0. The summed E-state index contributed by atoms with van der Waals surface area (Å²) in [5, 5.41) is 0. The Hall–Kier alpha value is -2.63. The minimum Gasteiger partial charge on any atom is -0.475 e. The smallest absolute Gasteiger partial charge is 0.246 e. The SMILES string of the molecule is NC(=O)C1=CN2CC3(CCCC(=O)C3=O)Oc3cccc(c32)C1. The van der Waals surface area contributed by atoms with Crippen molar-refractivity contribution in [3.8, 4) is 5.75 Å². The molecule has 1 aromatic rings. The number of carbonyl (C=O) groups excluding carboxylic acids is 3. The van der Waals surface area contributed by atoms with Crippen LogP contribution in [-0.2, 0) is 20.8 Å². The number of ketones is 2. The summed E-state index contributed by atoms with van der Waals surface area (Å²) in [5.74, 6) is -0.754. The molecule has 1 spiro atoms. The second-order valence-corrected chi connectivity index (χ2v) is 6.29. The van der Waals surface area contributed by atoms with Gasteiger partial charge in [-0.05, 0) is 24.5 Å². The van der Waals surface area contributed by atoms with E-state index >= 15 is 0 Å². The zero-order valence-electron chi connectivity index (χ0n) is 12.5. The van der Waals surface area contributed by atoms with Gasteiger partial charge in [-0.3, -0.25) is 14.4 Å². The fourth-order valence-corrected chi connectivity index (χ4v) is 3.68. The van der Waals surface area contributed by atoms with Crippen molar-refractivity contribution in [3.63, 3.8) is 0 Å². The summed E-state index contributed by atoms with van der Waals surface area (Å²) in [6.07, 6.45) is 3.53. The van der Waals surface area contributed by atoms with E-state index in [0.29, 0.717) is 30.6 Å². The van der Waals surface area contributed by atoms with Crippen LogP contribution in [0.2, 0.25) is 0 Å². The number of carbonyl (C=O) groups is 3. The number of nitrogens with two attached hydrogens (primary N) is 1. The van der Waals surface area contributed by atoms with E-state index in [0.717, 1.165) is 11.3 Å². The molecule has 1 aliphatic carbocycles. The van der Waals surface area contributed by atoms with Crippen LogP contribution in [0, 0.1) is 0 Å². The Morgan fingerprint density at radius 2 is 2.13 bits per heavy atom. The van der Waals surface area contributed by atoms with Gasteiger partial charge >= 0.3 is 0 Å². The molecule has 0 bridgehead atoms. The first kappa shape index (κ1) is 14.0. The van der Waals surface area contributed by atoms with Crippen molar-refractivity contribution in [2.75, 3.05) is 11.4 Å². The molecule has 2 aliphatic heterocycles. The van der Waals surface area contributed by atoms with Gasteiger partial charge in [-0.25, -0.2) is 0 Å². The highest BCUT2D eigenvalue weighted by molar-refractivity contribution is 6.41. The summed E-state index contributed by atoms with van der Waals surface area (Å²) in [7, 11) is 0. The molecule has 6 nitrogen and oxygen atoms in total. The lowest BCUT2D eigenvalue weighted by Gasteiger charge is -2.45. The van der Waals surface area contributed by atoms with Gasteiger partial charge in [0.15, 0.2) is 5.60 Å². The van der Waals surface area contributed by atoms with Crippen molar-refractivity contribution in [2.45, 2.75) is 31.3 Å². The first-order valence-electron chi connectivity index (χ1n) is 7.66. The van der Waals surface area contributed by atoms with Crippen LogP contribution < -0.4 is 15.4 Å². The fraction of sp³-hybridized carbons (Fsp3) is 0.353. The molecular weight excluding hydrogens is 296 g/mol. The summed E-state index contributed by atoms with van der Waals surface area (Å²) in [4.78, 5) is 37.8. The van der Waals surface area contributed by atoms with Gasteiger partial charge in [-0.15, -0.1) is 0 Å². The highest BCUT2D eigenvalue weighted by Crippen LogP contribution is 2.45.